The van der Waals surface area contributed by atoms with Crippen LogP contribution >= 0.6 is 0 Å². The Hall–Kier alpha value is -2.34. The molecule has 0 bridgehead atoms. The average molecular weight is 399 g/mol. The quantitative estimate of drug-likeness (QED) is 0.741. The molecule has 2 aromatic rings. The van der Waals surface area contributed by atoms with E-state index in [1.54, 1.807) is 13.2 Å². The second-order valence-electron chi connectivity index (χ2n) is 8.46. The summed E-state index contributed by atoms with van der Waals surface area (Å²) in [6.07, 6.45) is 5.42. The summed E-state index contributed by atoms with van der Waals surface area (Å²) >= 11 is 0. The predicted octanol–water partition coefficient (Wildman–Crippen LogP) is 3.07. The molecule has 0 spiro atoms. The molecule has 0 radical (unpaired) electrons. The molecule has 156 valence electrons. The maximum atomic E-state index is 12.9. The van der Waals surface area contributed by atoms with Crippen molar-refractivity contribution in [1.82, 2.24) is 9.80 Å². The minimum atomic E-state index is -0.440. The lowest BCUT2D eigenvalue weighted by atomic mass is 9.86. The monoisotopic (exact) mass is 398 g/mol. The lowest BCUT2D eigenvalue weighted by Crippen LogP contribution is -2.52. The molecule has 2 fully saturated rings. The van der Waals surface area contributed by atoms with Gasteiger partial charge in [-0.3, -0.25) is 9.69 Å². The predicted molar refractivity (Wildman–Crippen MR) is 112 cm³/mol. The van der Waals surface area contributed by atoms with Gasteiger partial charge in [-0.2, -0.15) is 0 Å². The van der Waals surface area contributed by atoms with Crippen LogP contribution in [0.2, 0.25) is 0 Å². The summed E-state index contributed by atoms with van der Waals surface area (Å²) in [6.45, 7) is 5.76. The van der Waals surface area contributed by atoms with E-state index in [9.17, 15) is 9.59 Å². The van der Waals surface area contributed by atoms with Crippen LogP contribution in [0, 0.1) is 5.92 Å². The molecule has 1 aromatic heterocycles. The first-order chi connectivity index (χ1) is 14.0. The number of rotatable bonds is 4. The fourth-order valence-electron chi connectivity index (χ4n) is 4.70. The average Bonchev–Trinajstić information content (AvgIpc) is 2.73. The maximum Gasteiger partial charge on any atom is 0.336 e. The summed E-state index contributed by atoms with van der Waals surface area (Å²) in [5, 5.41) is 0.786. The number of carbonyl (C=O) groups is 1. The lowest BCUT2D eigenvalue weighted by molar-refractivity contribution is -0.132. The third-order valence-electron chi connectivity index (χ3n) is 6.55. The fraction of sp³-hybridized carbons (Fsp3) is 0.565. The van der Waals surface area contributed by atoms with Crippen LogP contribution in [0.25, 0.3) is 11.0 Å². The molecule has 1 amide bonds. The minimum absolute atomic E-state index is 0.0737. The summed E-state index contributed by atoms with van der Waals surface area (Å²) in [4.78, 5) is 29.4. The van der Waals surface area contributed by atoms with Crippen molar-refractivity contribution in [3.63, 3.8) is 0 Å². The Kier molecular flexibility index (Phi) is 5.90. The van der Waals surface area contributed by atoms with E-state index >= 15 is 0 Å². The summed E-state index contributed by atoms with van der Waals surface area (Å²) in [6, 6.07) is 7.48. The van der Waals surface area contributed by atoms with Crippen molar-refractivity contribution in [2.24, 2.45) is 5.92 Å². The van der Waals surface area contributed by atoms with Crippen LogP contribution in [0.4, 0.5) is 0 Å². The molecule has 29 heavy (non-hydrogen) atoms. The number of benzene rings is 1. The standard InChI is InChI=1S/C23H30N2O4/c1-16-3-5-18(6-4-16)24-9-11-25(12-10-24)22(26)13-17-14-23(27)29-21-15-19(28-2)7-8-20(17)21/h7-8,14-16,18H,3-6,9-13H2,1-2H3. The largest absolute Gasteiger partial charge is 0.497 e. The molecule has 0 atom stereocenters. The van der Waals surface area contributed by atoms with Gasteiger partial charge in [0.1, 0.15) is 11.3 Å². The zero-order valence-electron chi connectivity index (χ0n) is 17.4. The van der Waals surface area contributed by atoms with E-state index < -0.39 is 5.63 Å². The second kappa shape index (κ2) is 8.57. The van der Waals surface area contributed by atoms with E-state index in [-0.39, 0.29) is 12.3 Å². The Morgan fingerprint density at radius 2 is 1.83 bits per heavy atom. The first-order valence-corrected chi connectivity index (χ1v) is 10.7. The molecule has 2 aliphatic rings. The van der Waals surface area contributed by atoms with Gasteiger partial charge in [-0.25, -0.2) is 4.79 Å². The van der Waals surface area contributed by atoms with Crippen LogP contribution in [-0.2, 0) is 11.2 Å². The summed E-state index contributed by atoms with van der Waals surface area (Å²) < 4.78 is 10.5. The highest BCUT2D eigenvalue weighted by atomic mass is 16.5. The van der Waals surface area contributed by atoms with Crippen molar-refractivity contribution >= 4 is 16.9 Å². The van der Waals surface area contributed by atoms with Crippen molar-refractivity contribution in [1.29, 1.82) is 0 Å². The van der Waals surface area contributed by atoms with Gasteiger partial charge in [0.15, 0.2) is 0 Å². The van der Waals surface area contributed by atoms with Crippen LogP contribution in [0.5, 0.6) is 5.75 Å². The molecule has 0 N–H and O–H groups in total. The smallest absolute Gasteiger partial charge is 0.336 e. The Morgan fingerprint density at radius 1 is 1.10 bits per heavy atom. The lowest BCUT2D eigenvalue weighted by Gasteiger charge is -2.41. The number of methoxy groups -OCH3 is 1. The normalized spacial score (nSPS) is 23.3. The van der Waals surface area contributed by atoms with Gasteiger partial charge in [0.05, 0.1) is 13.5 Å². The molecule has 2 heterocycles. The molecule has 1 saturated heterocycles. The number of fused-ring (bicyclic) bond motifs is 1. The third kappa shape index (κ3) is 4.47. The first kappa shape index (κ1) is 20.0. The summed E-state index contributed by atoms with van der Waals surface area (Å²) in [5.41, 5.74) is 0.730. The first-order valence-electron chi connectivity index (χ1n) is 10.7. The van der Waals surface area contributed by atoms with Gasteiger partial charge in [-0.15, -0.1) is 0 Å². The number of nitrogens with zero attached hydrogens (tertiary/aromatic N) is 2. The second-order valence-corrected chi connectivity index (χ2v) is 8.46. The number of hydrogen-bond donors (Lipinski definition) is 0. The van der Waals surface area contributed by atoms with Crippen LogP contribution in [0.15, 0.2) is 33.5 Å². The highest BCUT2D eigenvalue weighted by Crippen LogP contribution is 2.28. The van der Waals surface area contributed by atoms with Crippen molar-refractivity contribution < 1.29 is 13.9 Å². The van der Waals surface area contributed by atoms with E-state index in [1.165, 1.54) is 31.7 Å². The number of ether oxygens (including phenoxy) is 1. The Bertz CT molecular complexity index is 922. The number of piperazine rings is 1. The summed E-state index contributed by atoms with van der Waals surface area (Å²) in [7, 11) is 1.57. The molecule has 1 aliphatic heterocycles. The molecule has 0 unspecified atom stereocenters. The molecule has 1 saturated carbocycles. The van der Waals surface area contributed by atoms with Crippen molar-refractivity contribution in [3.05, 3.63) is 40.2 Å². The van der Waals surface area contributed by atoms with Crippen molar-refractivity contribution in [2.45, 2.75) is 45.1 Å². The summed E-state index contributed by atoms with van der Waals surface area (Å²) in [5.74, 6) is 1.55. The maximum absolute atomic E-state index is 12.9. The zero-order valence-corrected chi connectivity index (χ0v) is 17.4. The van der Waals surface area contributed by atoms with Gasteiger partial charge < -0.3 is 14.1 Å². The molecule has 4 rings (SSSR count). The van der Waals surface area contributed by atoms with E-state index in [1.807, 2.05) is 17.0 Å². The van der Waals surface area contributed by atoms with Crippen LogP contribution in [0.3, 0.4) is 0 Å². The number of carbonyl (C=O) groups excluding carboxylic acids is 1. The van der Waals surface area contributed by atoms with Crippen molar-refractivity contribution in [3.8, 4) is 5.75 Å². The van der Waals surface area contributed by atoms with Gasteiger partial charge in [0.2, 0.25) is 5.91 Å². The molecule has 6 nitrogen and oxygen atoms in total. The Morgan fingerprint density at radius 3 is 2.52 bits per heavy atom. The van der Waals surface area contributed by atoms with Crippen molar-refractivity contribution in [2.75, 3.05) is 33.3 Å². The van der Waals surface area contributed by atoms with Gasteiger partial charge in [-0.1, -0.05) is 6.92 Å². The van der Waals surface area contributed by atoms with E-state index in [0.29, 0.717) is 22.9 Å². The zero-order chi connectivity index (χ0) is 20.4. The van der Waals surface area contributed by atoms with E-state index in [4.69, 9.17) is 9.15 Å². The van der Waals surface area contributed by atoms with Gasteiger partial charge in [0.25, 0.3) is 0 Å². The van der Waals surface area contributed by atoms with E-state index in [0.717, 1.165) is 37.5 Å². The SMILES string of the molecule is COc1ccc2c(CC(=O)N3CCN(C4CCC(C)CC4)CC3)cc(=O)oc2c1. The number of hydrogen-bond acceptors (Lipinski definition) is 5. The Balaban J connectivity index is 1.41. The van der Waals surface area contributed by atoms with E-state index in [2.05, 4.69) is 11.8 Å². The molecule has 6 heteroatoms. The van der Waals surface area contributed by atoms with Crippen LogP contribution in [0.1, 0.15) is 38.2 Å². The van der Waals surface area contributed by atoms with Gasteiger partial charge in [0, 0.05) is 49.7 Å². The molecular weight excluding hydrogens is 368 g/mol. The highest BCUT2D eigenvalue weighted by molar-refractivity contribution is 5.87. The third-order valence-corrected chi connectivity index (χ3v) is 6.55. The molecule has 1 aliphatic carbocycles. The highest BCUT2D eigenvalue weighted by Gasteiger charge is 2.28. The number of amides is 1. The van der Waals surface area contributed by atoms with Gasteiger partial charge >= 0.3 is 5.63 Å². The minimum Gasteiger partial charge on any atom is -0.497 e. The van der Waals surface area contributed by atoms with Crippen LogP contribution < -0.4 is 10.4 Å². The Labute approximate surface area is 171 Å². The fourth-order valence-corrected chi connectivity index (χ4v) is 4.70. The molecular formula is C23H30N2O4. The van der Waals surface area contributed by atoms with Gasteiger partial charge in [-0.05, 0) is 49.3 Å². The topological polar surface area (TPSA) is 63.0 Å². The van der Waals surface area contributed by atoms with Crippen LogP contribution in [-0.4, -0.2) is 55.0 Å². The molecule has 1 aromatic carbocycles.